The molecular weight excluding hydrogens is 1310 g/mol. The van der Waals surface area contributed by atoms with Gasteiger partial charge in [-0.2, -0.15) is 0 Å². The van der Waals surface area contributed by atoms with E-state index in [1.54, 1.807) is 68.0 Å². The highest BCUT2D eigenvalue weighted by Gasteiger charge is 2.58. The number of fused-ring (bicyclic) bond motifs is 6. The molecule has 5 atom stereocenters. The average Bonchev–Trinajstić information content (AvgIpc) is 1.57. The topological polar surface area (TPSA) is 266 Å². The van der Waals surface area contributed by atoms with Gasteiger partial charge in [0.05, 0.1) is 76.7 Å². The Morgan fingerprint density at radius 3 is 2.07 bits per heavy atom. The number of anilines is 2. The standard InChI is InChI=1S/C81H86N6O16/c1-49(2)63(39-61(89)44-82-74(91)30-26-60(88)27-31-75(92)85-45-57-14-8-7-12-53(57)20-21-55-13-9-10-15-66(55)85)76(93)83-50(3)69(90)36-51-16-18-52(19-17-51)47-103-80(97)87-67-42-73(71(100-6)41-65(67)78(95)86-48-81(32-33-81)43-68(86)79(87)96)102-35-11-34-101-72-38-56-22-25-59-37-58(54-23-28-62(98-4)29-24-54)46-84(59)77(94)64(56)40-70(72)99-5/h7-10,12-19,23-24,28-29,38,40-42,46,49-50,59,63,68,79,96H,11,22,25-27,30-37,39,43-45,47-48H2,1-6H3,(H,82,91)(H,83,93)/t50-,59+,63-,68-,79?/m0/s1. The van der Waals surface area contributed by atoms with Gasteiger partial charge in [-0.15, -0.1) is 0 Å². The van der Waals surface area contributed by atoms with Crippen molar-refractivity contribution >= 4 is 69.9 Å². The Kier molecular flexibility index (Phi) is 22.1. The largest absolute Gasteiger partial charge is 0.497 e. The number of aliphatic hydroxyl groups excluding tert-OH is 1. The number of carbonyl (C=O) groups excluding carboxylic acids is 9. The highest BCUT2D eigenvalue weighted by Crippen LogP contribution is 2.57. The Hall–Kier alpha value is -10.8. The van der Waals surface area contributed by atoms with Crippen molar-refractivity contribution in [3.8, 4) is 40.6 Å². The van der Waals surface area contributed by atoms with Crippen LogP contribution in [0.3, 0.4) is 0 Å². The van der Waals surface area contributed by atoms with Gasteiger partial charge in [-0.1, -0.05) is 92.4 Å². The highest BCUT2D eigenvalue weighted by molar-refractivity contribution is 6.06. The average molecular weight is 1400 g/mol. The van der Waals surface area contributed by atoms with Crippen molar-refractivity contribution in [1.29, 1.82) is 0 Å². The summed E-state index contributed by atoms with van der Waals surface area (Å²) in [6.07, 6.45) is 3.68. The van der Waals surface area contributed by atoms with E-state index >= 15 is 0 Å². The third-order valence-electron chi connectivity index (χ3n) is 20.5. The summed E-state index contributed by atoms with van der Waals surface area (Å²) in [5, 5.41) is 17.5. The van der Waals surface area contributed by atoms with Gasteiger partial charge in [0, 0.05) is 92.4 Å². The van der Waals surface area contributed by atoms with Crippen LogP contribution in [0.15, 0.2) is 128 Å². The van der Waals surface area contributed by atoms with Gasteiger partial charge in [0.25, 0.3) is 11.8 Å². The normalized spacial score (nSPS) is 17.9. The lowest BCUT2D eigenvalue weighted by atomic mass is 9.89. The maximum Gasteiger partial charge on any atom is 0.416 e. The van der Waals surface area contributed by atoms with Gasteiger partial charge in [0.15, 0.2) is 40.8 Å². The van der Waals surface area contributed by atoms with E-state index in [1.807, 2.05) is 90.0 Å². The number of hydrogen-bond donors (Lipinski definition) is 3. The van der Waals surface area contributed by atoms with Gasteiger partial charge in [-0.3, -0.25) is 38.4 Å². The Bertz CT molecular complexity index is 4380. The van der Waals surface area contributed by atoms with Crippen LogP contribution >= 0.6 is 0 Å². The number of ether oxygens (including phenoxy) is 6. The molecule has 1 saturated carbocycles. The number of nitrogens with one attached hydrogen (secondary N) is 2. The molecular formula is C81H86N6O16. The third-order valence-corrected chi connectivity index (χ3v) is 20.5. The summed E-state index contributed by atoms with van der Waals surface area (Å²) < 4.78 is 35.4. The van der Waals surface area contributed by atoms with Crippen molar-refractivity contribution in [2.45, 2.75) is 142 Å². The third kappa shape index (κ3) is 16.4. The predicted octanol–water partition coefficient (Wildman–Crippen LogP) is 10.3. The number of aliphatic hydroxyl groups is 1. The summed E-state index contributed by atoms with van der Waals surface area (Å²) in [6.45, 7) is 5.57. The molecule has 3 N–H and O–H groups in total. The van der Waals surface area contributed by atoms with E-state index in [0.29, 0.717) is 71.8 Å². The Labute approximate surface area is 598 Å². The molecule has 0 aromatic heterocycles. The first kappa shape index (κ1) is 72.0. The van der Waals surface area contributed by atoms with Gasteiger partial charge < -0.3 is 58.9 Å². The summed E-state index contributed by atoms with van der Waals surface area (Å²) in [7, 11) is 4.61. The number of Topliss-reactive ketones (excluding diaryl/α,β-unsaturated/α-hetero) is 3. The fourth-order valence-electron chi connectivity index (χ4n) is 14.2. The van der Waals surface area contributed by atoms with Crippen molar-refractivity contribution in [3.63, 3.8) is 0 Å². The van der Waals surface area contributed by atoms with Crippen LogP contribution in [0.1, 0.15) is 151 Å². The van der Waals surface area contributed by atoms with Gasteiger partial charge in [-0.25, -0.2) is 9.69 Å². The molecule has 22 heteroatoms. The summed E-state index contributed by atoms with van der Waals surface area (Å²) in [5.41, 5.74) is 7.87. The van der Waals surface area contributed by atoms with Crippen molar-refractivity contribution in [3.05, 3.63) is 178 Å². The van der Waals surface area contributed by atoms with Gasteiger partial charge in [0.1, 0.15) is 18.1 Å². The van der Waals surface area contributed by atoms with Crippen LogP contribution < -0.4 is 44.1 Å². The van der Waals surface area contributed by atoms with Gasteiger partial charge in [0.2, 0.25) is 17.7 Å². The molecule has 536 valence electrons. The van der Waals surface area contributed by atoms with Gasteiger partial charge in [-0.05, 0) is 139 Å². The smallest absolute Gasteiger partial charge is 0.416 e. The first-order valence-corrected chi connectivity index (χ1v) is 35.2. The van der Waals surface area contributed by atoms with Crippen molar-refractivity contribution < 1.29 is 76.7 Å². The molecule has 12 rings (SSSR count). The number of ketones is 3. The van der Waals surface area contributed by atoms with Crippen LogP contribution in [0.4, 0.5) is 16.2 Å². The maximum absolute atomic E-state index is 14.5. The molecule has 0 radical (unpaired) electrons. The maximum atomic E-state index is 14.5. The monoisotopic (exact) mass is 1400 g/mol. The molecule has 2 fully saturated rings. The Morgan fingerprint density at radius 2 is 1.36 bits per heavy atom. The van der Waals surface area contributed by atoms with Crippen LogP contribution in [0.5, 0.6) is 28.7 Å². The fourth-order valence-corrected chi connectivity index (χ4v) is 14.2. The van der Waals surface area contributed by atoms with Crippen molar-refractivity contribution in [2.24, 2.45) is 17.3 Å². The fraction of sp³-hybridized carbons (Fsp3) is 0.395. The molecule has 6 aromatic carbocycles. The van der Waals surface area contributed by atoms with Crippen LogP contribution in [-0.2, 0) is 59.5 Å². The van der Waals surface area contributed by atoms with Crippen LogP contribution in [0, 0.1) is 29.1 Å². The predicted molar refractivity (Wildman–Crippen MR) is 382 cm³/mol. The van der Waals surface area contributed by atoms with E-state index in [4.69, 9.17) is 28.4 Å². The summed E-state index contributed by atoms with van der Waals surface area (Å²) in [4.78, 5) is 129. The van der Waals surface area contributed by atoms with E-state index in [2.05, 4.69) is 22.5 Å². The second-order valence-electron chi connectivity index (χ2n) is 27.8. The molecule has 22 nitrogen and oxygen atoms in total. The number of aryl methyl sites for hydroxylation is 1. The summed E-state index contributed by atoms with van der Waals surface area (Å²) >= 11 is 0. The van der Waals surface area contributed by atoms with Crippen molar-refractivity contribution in [1.82, 2.24) is 20.4 Å². The van der Waals surface area contributed by atoms with E-state index in [1.165, 1.54) is 26.4 Å². The zero-order valence-corrected chi connectivity index (χ0v) is 58.9. The minimum atomic E-state index is -1.48. The zero-order chi connectivity index (χ0) is 72.6. The molecule has 6 aliphatic rings. The lowest BCUT2D eigenvalue weighted by Crippen LogP contribution is -2.50. The Morgan fingerprint density at radius 1 is 0.689 bits per heavy atom. The number of para-hydroxylation sites is 1. The molecule has 5 aliphatic heterocycles. The van der Waals surface area contributed by atoms with Crippen LogP contribution in [0.2, 0.25) is 0 Å². The van der Waals surface area contributed by atoms with Gasteiger partial charge >= 0.3 is 6.09 Å². The highest BCUT2D eigenvalue weighted by atomic mass is 16.6. The minimum absolute atomic E-state index is 0.00729. The van der Waals surface area contributed by atoms with E-state index < -0.39 is 47.9 Å². The lowest BCUT2D eigenvalue weighted by Gasteiger charge is -2.31. The van der Waals surface area contributed by atoms with E-state index in [9.17, 15) is 48.3 Å². The molecule has 6 aromatic rings. The number of methoxy groups -OCH3 is 3. The number of amides is 6. The second kappa shape index (κ2) is 31.6. The molecule has 1 saturated heterocycles. The molecule has 1 unspecified atom stereocenters. The first-order valence-electron chi connectivity index (χ1n) is 35.2. The molecule has 6 amide bonds. The second-order valence-corrected chi connectivity index (χ2v) is 27.8. The Balaban J connectivity index is 0.606. The number of benzene rings is 6. The number of hydrogen-bond acceptors (Lipinski definition) is 16. The van der Waals surface area contributed by atoms with Crippen LogP contribution in [-0.4, -0.2) is 140 Å². The number of rotatable bonds is 28. The molecule has 103 heavy (non-hydrogen) atoms. The summed E-state index contributed by atoms with van der Waals surface area (Å²) in [6, 6.07) is 34.6. The SMILES string of the molecule is COc1ccc(C2=CN3C(=O)c4cc(OC)c(OCCCOc5cc6c(cc5OC)C(=O)N5CC7(CC7)C[C@H]5C(O)N6C(=O)OCc5ccc(CC(=O)[C@H](C)NC(=O)[C@@H](CC(=O)CNC(=O)CCC(=O)CCC(=O)N6Cc7ccccc7C#Cc7ccccc76)C(C)C)cc5)cc4CC[C@@H]3C2)cc1. The molecule has 0 bridgehead atoms. The van der Waals surface area contributed by atoms with Crippen molar-refractivity contribution in [2.75, 3.05) is 57.4 Å². The molecule has 5 heterocycles. The minimum Gasteiger partial charge on any atom is -0.497 e. The first-order chi connectivity index (χ1) is 49.7. The zero-order valence-electron chi connectivity index (χ0n) is 58.9. The molecule has 1 spiro atoms. The van der Waals surface area contributed by atoms with E-state index in [-0.39, 0.29) is 134 Å². The lowest BCUT2D eigenvalue weighted by molar-refractivity contribution is -0.133. The number of carbonyl (C=O) groups is 9. The summed E-state index contributed by atoms with van der Waals surface area (Å²) in [5.74, 6) is 4.62. The quantitative estimate of drug-likeness (QED) is 0.0304. The number of nitrogens with zero attached hydrogens (tertiary/aromatic N) is 4. The van der Waals surface area contributed by atoms with E-state index in [0.717, 1.165) is 64.2 Å². The van der Waals surface area contributed by atoms with Crippen LogP contribution in [0.25, 0.3) is 5.57 Å². The molecule has 1 aliphatic carbocycles.